The van der Waals surface area contributed by atoms with Crippen LogP contribution >= 0.6 is 11.3 Å². The first-order valence-electron chi connectivity index (χ1n) is 9.22. The first kappa shape index (κ1) is 17.0. The average molecular weight is 366 g/mol. The van der Waals surface area contributed by atoms with E-state index < -0.39 is 0 Å². The quantitative estimate of drug-likeness (QED) is 0.746. The lowest BCUT2D eigenvalue weighted by molar-refractivity contribution is -0.125. The lowest BCUT2D eigenvalue weighted by atomic mass is 9.97. The standard InChI is InChI=1S/C21H23N3OS/c25-20(22-13-12-16-7-2-1-3-8-16)17-9-6-14-24(15-17)21-23-18-10-4-5-11-19(18)26-21/h1-5,7-8,10-11,17H,6,9,12-15H2,(H,22,25)/t17-/m0/s1. The minimum absolute atomic E-state index is 0.0477. The fraction of sp³-hybridized carbons (Fsp3) is 0.333. The van der Waals surface area contributed by atoms with Crippen molar-refractivity contribution in [3.63, 3.8) is 0 Å². The number of carbonyl (C=O) groups is 1. The molecule has 0 aliphatic carbocycles. The Kier molecular flexibility index (Phi) is 5.16. The summed E-state index contributed by atoms with van der Waals surface area (Å²) in [5.41, 5.74) is 2.30. The molecule has 1 aliphatic heterocycles. The van der Waals surface area contributed by atoms with Gasteiger partial charge in [-0.25, -0.2) is 4.98 Å². The van der Waals surface area contributed by atoms with Crippen molar-refractivity contribution in [3.8, 4) is 0 Å². The van der Waals surface area contributed by atoms with E-state index in [-0.39, 0.29) is 11.8 Å². The van der Waals surface area contributed by atoms with E-state index in [1.165, 1.54) is 10.3 Å². The first-order chi connectivity index (χ1) is 12.8. The van der Waals surface area contributed by atoms with Gasteiger partial charge in [0.05, 0.1) is 16.1 Å². The maximum absolute atomic E-state index is 12.6. The molecule has 0 radical (unpaired) electrons. The summed E-state index contributed by atoms with van der Waals surface area (Å²) in [6, 6.07) is 18.5. The van der Waals surface area contributed by atoms with E-state index in [4.69, 9.17) is 4.98 Å². The van der Waals surface area contributed by atoms with Crippen LogP contribution in [0.15, 0.2) is 54.6 Å². The van der Waals surface area contributed by atoms with Crippen LogP contribution in [-0.2, 0) is 11.2 Å². The number of nitrogens with one attached hydrogen (secondary N) is 1. The normalized spacial score (nSPS) is 17.4. The number of rotatable bonds is 5. The van der Waals surface area contributed by atoms with Gasteiger partial charge in [0.2, 0.25) is 5.91 Å². The van der Waals surface area contributed by atoms with Crippen molar-refractivity contribution in [2.45, 2.75) is 19.3 Å². The average Bonchev–Trinajstić information content (AvgIpc) is 3.13. The summed E-state index contributed by atoms with van der Waals surface area (Å²) in [7, 11) is 0. The molecule has 0 spiro atoms. The highest BCUT2D eigenvalue weighted by Crippen LogP contribution is 2.31. The minimum Gasteiger partial charge on any atom is -0.355 e. The molecular weight excluding hydrogens is 342 g/mol. The van der Waals surface area contributed by atoms with Crippen molar-refractivity contribution in [3.05, 3.63) is 60.2 Å². The van der Waals surface area contributed by atoms with Crippen LogP contribution in [-0.4, -0.2) is 30.5 Å². The molecular formula is C21H23N3OS. The van der Waals surface area contributed by atoms with Crippen LogP contribution in [0.3, 0.4) is 0 Å². The number of anilines is 1. The van der Waals surface area contributed by atoms with E-state index in [0.717, 1.165) is 43.0 Å². The van der Waals surface area contributed by atoms with Gasteiger partial charge in [-0.15, -0.1) is 0 Å². The van der Waals surface area contributed by atoms with Gasteiger partial charge < -0.3 is 10.2 Å². The Morgan fingerprint density at radius 3 is 2.81 bits per heavy atom. The molecule has 26 heavy (non-hydrogen) atoms. The number of hydrogen-bond acceptors (Lipinski definition) is 4. The van der Waals surface area contributed by atoms with Crippen molar-refractivity contribution in [2.75, 3.05) is 24.5 Å². The van der Waals surface area contributed by atoms with Crippen LogP contribution in [0.2, 0.25) is 0 Å². The van der Waals surface area contributed by atoms with E-state index in [2.05, 4.69) is 28.4 Å². The molecule has 2 aromatic carbocycles. The summed E-state index contributed by atoms with van der Waals surface area (Å²) in [5, 5.41) is 4.15. The van der Waals surface area contributed by atoms with Crippen LogP contribution in [0.4, 0.5) is 5.13 Å². The molecule has 2 heterocycles. The number of piperidine rings is 1. The molecule has 4 nitrogen and oxygen atoms in total. The van der Waals surface area contributed by atoms with Crippen molar-refractivity contribution in [1.29, 1.82) is 0 Å². The number of fused-ring (bicyclic) bond motifs is 1. The van der Waals surface area contributed by atoms with Gasteiger partial charge in [0.1, 0.15) is 0 Å². The van der Waals surface area contributed by atoms with E-state index >= 15 is 0 Å². The highest BCUT2D eigenvalue weighted by Gasteiger charge is 2.27. The van der Waals surface area contributed by atoms with Gasteiger partial charge in [-0.05, 0) is 37.0 Å². The summed E-state index contributed by atoms with van der Waals surface area (Å²) in [4.78, 5) is 19.6. The van der Waals surface area contributed by atoms with Crippen LogP contribution in [0.5, 0.6) is 0 Å². The number of aromatic nitrogens is 1. The third kappa shape index (κ3) is 3.88. The number of hydrogen-bond donors (Lipinski definition) is 1. The number of nitrogens with zero attached hydrogens (tertiary/aromatic N) is 2. The number of amides is 1. The van der Waals surface area contributed by atoms with E-state index in [1.807, 2.05) is 36.4 Å². The molecule has 1 saturated heterocycles. The number of thiazole rings is 1. The Hall–Kier alpha value is -2.40. The zero-order valence-electron chi connectivity index (χ0n) is 14.7. The lowest BCUT2D eigenvalue weighted by Gasteiger charge is -2.31. The summed E-state index contributed by atoms with van der Waals surface area (Å²) in [6.45, 7) is 2.44. The van der Waals surface area contributed by atoms with Gasteiger partial charge in [0.15, 0.2) is 5.13 Å². The highest BCUT2D eigenvalue weighted by molar-refractivity contribution is 7.22. The second-order valence-electron chi connectivity index (χ2n) is 6.78. The second-order valence-corrected chi connectivity index (χ2v) is 7.79. The second kappa shape index (κ2) is 7.87. The molecule has 0 unspecified atom stereocenters. The molecule has 134 valence electrons. The third-order valence-corrected chi connectivity index (χ3v) is 6.00. The Labute approximate surface area is 157 Å². The third-order valence-electron chi connectivity index (χ3n) is 4.90. The lowest BCUT2D eigenvalue weighted by Crippen LogP contribution is -2.43. The van der Waals surface area contributed by atoms with Crippen molar-refractivity contribution < 1.29 is 4.79 Å². The molecule has 1 fully saturated rings. The van der Waals surface area contributed by atoms with Gasteiger partial charge >= 0.3 is 0 Å². The number of para-hydroxylation sites is 1. The summed E-state index contributed by atoms with van der Waals surface area (Å²) < 4.78 is 1.21. The summed E-state index contributed by atoms with van der Waals surface area (Å²) in [5.74, 6) is 0.221. The smallest absolute Gasteiger partial charge is 0.224 e. The van der Waals surface area contributed by atoms with Gasteiger partial charge in [0.25, 0.3) is 0 Å². The van der Waals surface area contributed by atoms with E-state index in [0.29, 0.717) is 6.54 Å². The van der Waals surface area contributed by atoms with Crippen molar-refractivity contribution >= 4 is 32.6 Å². The molecule has 1 atom stereocenters. The molecule has 1 aliphatic rings. The van der Waals surface area contributed by atoms with Crippen molar-refractivity contribution in [1.82, 2.24) is 10.3 Å². The van der Waals surface area contributed by atoms with Gasteiger partial charge in [-0.3, -0.25) is 4.79 Å². The van der Waals surface area contributed by atoms with Crippen LogP contribution in [0, 0.1) is 5.92 Å². The van der Waals surface area contributed by atoms with Crippen LogP contribution < -0.4 is 10.2 Å². The molecule has 1 N–H and O–H groups in total. The topological polar surface area (TPSA) is 45.2 Å². The maximum atomic E-state index is 12.6. The maximum Gasteiger partial charge on any atom is 0.224 e. The summed E-state index contributed by atoms with van der Waals surface area (Å²) >= 11 is 1.72. The van der Waals surface area contributed by atoms with Gasteiger partial charge in [0, 0.05) is 19.6 Å². The van der Waals surface area contributed by atoms with Gasteiger partial charge in [-0.2, -0.15) is 0 Å². The zero-order valence-corrected chi connectivity index (χ0v) is 15.5. The predicted molar refractivity (Wildman–Crippen MR) is 108 cm³/mol. The van der Waals surface area contributed by atoms with E-state index in [9.17, 15) is 4.79 Å². The molecule has 5 heteroatoms. The highest BCUT2D eigenvalue weighted by atomic mass is 32.1. The Morgan fingerprint density at radius 2 is 1.96 bits per heavy atom. The van der Waals surface area contributed by atoms with Crippen LogP contribution in [0.1, 0.15) is 18.4 Å². The number of benzene rings is 2. The molecule has 0 bridgehead atoms. The Balaban J connectivity index is 1.34. The summed E-state index contributed by atoms with van der Waals surface area (Å²) in [6.07, 6.45) is 2.87. The Bertz CT molecular complexity index is 844. The zero-order chi connectivity index (χ0) is 17.8. The monoisotopic (exact) mass is 365 g/mol. The molecule has 1 amide bonds. The van der Waals surface area contributed by atoms with Crippen molar-refractivity contribution in [2.24, 2.45) is 5.92 Å². The van der Waals surface area contributed by atoms with Crippen LogP contribution in [0.25, 0.3) is 10.2 Å². The molecule has 0 saturated carbocycles. The SMILES string of the molecule is O=C(NCCc1ccccc1)[C@H]1CCCN(c2nc3ccccc3s2)C1. The Morgan fingerprint density at radius 1 is 1.15 bits per heavy atom. The molecule has 1 aromatic heterocycles. The first-order valence-corrected chi connectivity index (χ1v) is 10.0. The predicted octanol–water partition coefficient (Wildman–Crippen LogP) is 3.87. The van der Waals surface area contributed by atoms with E-state index in [1.54, 1.807) is 11.3 Å². The molecule has 3 aromatic rings. The number of carbonyl (C=O) groups excluding carboxylic acids is 1. The molecule has 4 rings (SSSR count). The minimum atomic E-state index is 0.0477. The largest absolute Gasteiger partial charge is 0.355 e. The van der Waals surface area contributed by atoms with Gasteiger partial charge in [-0.1, -0.05) is 53.8 Å². The fourth-order valence-electron chi connectivity index (χ4n) is 3.48. The fourth-order valence-corrected chi connectivity index (χ4v) is 4.48.